The zero-order valence-electron chi connectivity index (χ0n) is 12.9. The van der Waals surface area contributed by atoms with Crippen LogP contribution in [0.4, 0.5) is 4.79 Å². The number of hydrogen-bond acceptors (Lipinski definition) is 4. The van der Waals surface area contributed by atoms with Crippen LogP contribution in [0.15, 0.2) is 0 Å². The van der Waals surface area contributed by atoms with E-state index in [4.69, 9.17) is 9.84 Å². The van der Waals surface area contributed by atoms with E-state index < -0.39 is 5.60 Å². The highest BCUT2D eigenvalue weighted by molar-refractivity contribution is 5.79. The highest BCUT2D eigenvalue weighted by Gasteiger charge is 2.30. The third-order valence-corrected chi connectivity index (χ3v) is 3.31. The molecule has 116 valence electrons. The van der Waals surface area contributed by atoms with Crippen molar-refractivity contribution in [3.05, 3.63) is 0 Å². The predicted octanol–water partition coefficient (Wildman–Crippen LogP) is 1.08. The molecule has 1 fully saturated rings. The van der Waals surface area contributed by atoms with Crippen molar-refractivity contribution >= 4 is 12.0 Å². The molecule has 0 bridgehead atoms. The molecular formula is C14H26N2O4. The highest BCUT2D eigenvalue weighted by atomic mass is 16.6. The fourth-order valence-corrected chi connectivity index (χ4v) is 2.21. The molecule has 2 amide bonds. The molecule has 1 aliphatic rings. The molecule has 1 rings (SSSR count). The molecule has 0 aliphatic carbocycles. The Morgan fingerprint density at radius 1 is 1.30 bits per heavy atom. The molecule has 0 radical (unpaired) electrons. The first-order valence-corrected chi connectivity index (χ1v) is 7.08. The van der Waals surface area contributed by atoms with Crippen molar-refractivity contribution in [1.29, 1.82) is 0 Å². The number of piperidine rings is 1. The summed E-state index contributed by atoms with van der Waals surface area (Å²) in [5, 5.41) is 8.84. The number of likely N-dealkylation sites (tertiary alicyclic amines) is 1. The molecule has 0 aromatic heterocycles. The summed E-state index contributed by atoms with van der Waals surface area (Å²) in [5.74, 6) is -0.0203. The summed E-state index contributed by atoms with van der Waals surface area (Å²) in [6.45, 7) is 6.92. The Morgan fingerprint density at radius 2 is 1.85 bits per heavy atom. The highest BCUT2D eigenvalue weighted by Crippen LogP contribution is 2.21. The summed E-state index contributed by atoms with van der Waals surface area (Å²) in [4.78, 5) is 27.2. The van der Waals surface area contributed by atoms with E-state index in [-0.39, 0.29) is 24.5 Å². The van der Waals surface area contributed by atoms with Crippen molar-refractivity contribution in [3.8, 4) is 0 Å². The fourth-order valence-electron chi connectivity index (χ4n) is 2.21. The van der Waals surface area contributed by atoms with Crippen LogP contribution in [0.3, 0.4) is 0 Å². The van der Waals surface area contributed by atoms with Gasteiger partial charge in [0.05, 0.1) is 6.61 Å². The zero-order chi connectivity index (χ0) is 15.3. The minimum absolute atomic E-state index is 0.0288. The molecule has 1 N–H and O–H groups in total. The molecule has 1 aliphatic heterocycles. The Balaban J connectivity index is 2.43. The maximum absolute atomic E-state index is 12.1. The lowest BCUT2D eigenvalue weighted by Crippen LogP contribution is -2.45. The third-order valence-electron chi connectivity index (χ3n) is 3.31. The molecular weight excluding hydrogens is 260 g/mol. The van der Waals surface area contributed by atoms with E-state index in [1.54, 1.807) is 16.8 Å². The maximum atomic E-state index is 12.1. The number of aliphatic hydroxyl groups excluding tert-OH is 1. The molecule has 0 atom stereocenters. The summed E-state index contributed by atoms with van der Waals surface area (Å²) in [5.41, 5.74) is -0.495. The average molecular weight is 286 g/mol. The van der Waals surface area contributed by atoms with Crippen LogP contribution in [0.1, 0.15) is 33.6 Å². The SMILES string of the molecule is CN(CCO)C(=O)C1CCN(C(=O)OC(C)(C)C)CC1. The number of carbonyl (C=O) groups excluding carboxylic acids is 2. The van der Waals surface area contributed by atoms with Crippen LogP contribution in [0, 0.1) is 5.92 Å². The second-order valence-electron chi connectivity index (χ2n) is 6.23. The van der Waals surface area contributed by atoms with Gasteiger partial charge in [-0.25, -0.2) is 4.79 Å². The number of carbonyl (C=O) groups is 2. The Kier molecular flexibility index (Phi) is 5.80. The Hall–Kier alpha value is -1.30. The maximum Gasteiger partial charge on any atom is 0.410 e. The van der Waals surface area contributed by atoms with Crippen molar-refractivity contribution in [1.82, 2.24) is 9.80 Å². The summed E-state index contributed by atoms with van der Waals surface area (Å²) >= 11 is 0. The normalized spacial score (nSPS) is 16.9. The van der Waals surface area contributed by atoms with Crippen LogP contribution in [-0.4, -0.2) is 65.8 Å². The van der Waals surface area contributed by atoms with E-state index >= 15 is 0 Å². The predicted molar refractivity (Wildman–Crippen MR) is 75.3 cm³/mol. The largest absolute Gasteiger partial charge is 0.444 e. The lowest BCUT2D eigenvalue weighted by molar-refractivity contribution is -0.136. The molecule has 0 unspecified atom stereocenters. The topological polar surface area (TPSA) is 70.1 Å². The summed E-state index contributed by atoms with van der Waals surface area (Å²) < 4.78 is 5.32. The molecule has 1 saturated heterocycles. The first-order valence-electron chi connectivity index (χ1n) is 7.08. The lowest BCUT2D eigenvalue weighted by atomic mass is 9.95. The molecule has 1 heterocycles. The van der Waals surface area contributed by atoms with Crippen molar-refractivity contribution in [2.75, 3.05) is 33.3 Å². The van der Waals surface area contributed by atoms with Gasteiger partial charge in [-0.3, -0.25) is 4.79 Å². The smallest absolute Gasteiger partial charge is 0.410 e. The number of hydrogen-bond donors (Lipinski definition) is 1. The van der Waals surface area contributed by atoms with Crippen LogP contribution in [0.25, 0.3) is 0 Å². The van der Waals surface area contributed by atoms with Gasteiger partial charge in [0.1, 0.15) is 5.60 Å². The molecule has 0 aromatic rings. The molecule has 0 aromatic carbocycles. The fraction of sp³-hybridized carbons (Fsp3) is 0.857. The van der Waals surface area contributed by atoms with Gasteiger partial charge >= 0.3 is 6.09 Å². The Labute approximate surface area is 120 Å². The quantitative estimate of drug-likeness (QED) is 0.843. The lowest BCUT2D eigenvalue weighted by Gasteiger charge is -2.34. The minimum Gasteiger partial charge on any atom is -0.444 e. The van der Waals surface area contributed by atoms with Crippen molar-refractivity contribution in [2.45, 2.75) is 39.2 Å². The standard InChI is InChI=1S/C14H26N2O4/c1-14(2,3)20-13(19)16-7-5-11(6-8-16)12(18)15(4)9-10-17/h11,17H,5-10H2,1-4H3. The molecule has 6 heteroatoms. The second kappa shape index (κ2) is 6.92. The van der Waals surface area contributed by atoms with E-state index in [9.17, 15) is 9.59 Å². The summed E-state index contributed by atoms with van der Waals surface area (Å²) in [6, 6.07) is 0. The van der Waals surface area contributed by atoms with Crippen LogP contribution in [0.2, 0.25) is 0 Å². The number of ether oxygens (including phenoxy) is 1. The van der Waals surface area contributed by atoms with Crippen molar-refractivity contribution < 1.29 is 19.4 Å². The van der Waals surface area contributed by atoms with Gasteiger partial charge in [0.25, 0.3) is 0 Å². The van der Waals surface area contributed by atoms with E-state index in [1.165, 1.54) is 0 Å². The van der Waals surface area contributed by atoms with E-state index in [2.05, 4.69) is 0 Å². The Bertz CT molecular complexity index is 344. The third kappa shape index (κ3) is 5.00. The van der Waals surface area contributed by atoms with Crippen LogP contribution >= 0.6 is 0 Å². The first kappa shape index (κ1) is 16.8. The zero-order valence-corrected chi connectivity index (χ0v) is 12.9. The van der Waals surface area contributed by atoms with Gasteiger partial charge in [-0.05, 0) is 33.6 Å². The second-order valence-corrected chi connectivity index (χ2v) is 6.23. The number of aliphatic hydroxyl groups is 1. The molecule has 6 nitrogen and oxygen atoms in total. The van der Waals surface area contributed by atoms with Gasteiger partial charge in [-0.1, -0.05) is 0 Å². The van der Waals surface area contributed by atoms with Crippen molar-refractivity contribution in [2.24, 2.45) is 5.92 Å². The van der Waals surface area contributed by atoms with E-state index in [1.807, 2.05) is 20.8 Å². The number of rotatable bonds is 3. The molecule has 0 saturated carbocycles. The van der Waals surface area contributed by atoms with Crippen LogP contribution in [-0.2, 0) is 9.53 Å². The van der Waals surface area contributed by atoms with Crippen LogP contribution < -0.4 is 0 Å². The molecule has 20 heavy (non-hydrogen) atoms. The first-order chi connectivity index (χ1) is 9.24. The summed E-state index contributed by atoms with van der Waals surface area (Å²) in [6.07, 6.45) is 0.980. The van der Waals surface area contributed by atoms with Gasteiger partial charge in [0, 0.05) is 32.6 Å². The van der Waals surface area contributed by atoms with Crippen molar-refractivity contribution in [3.63, 3.8) is 0 Å². The number of likely N-dealkylation sites (N-methyl/N-ethyl adjacent to an activating group) is 1. The Morgan fingerprint density at radius 3 is 2.30 bits per heavy atom. The van der Waals surface area contributed by atoms with Gasteiger partial charge in [0.15, 0.2) is 0 Å². The number of amides is 2. The number of nitrogens with zero attached hydrogens (tertiary/aromatic N) is 2. The van der Waals surface area contributed by atoms with E-state index in [0.717, 1.165) is 0 Å². The minimum atomic E-state index is -0.495. The van der Waals surface area contributed by atoms with Gasteiger partial charge in [0.2, 0.25) is 5.91 Å². The summed E-state index contributed by atoms with van der Waals surface area (Å²) in [7, 11) is 1.69. The monoisotopic (exact) mass is 286 g/mol. The van der Waals surface area contributed by atoms with Gasteiger partial charge in [-0.15, -0.1) is 0 Å². The van der Waals surface area contributed by atoms with Crippen LogP contribution in [0.5, 0.6) is 0 Å². The molecule has 0 spiro atoms. The van der Waals surface area contributed by atoms with Gasteiger partial charge < -0.3 is 19.6 Å². The van der Waals surface area contributed by atoms with E-state index in [0.29, 0.717) is 32.5 Å². The average Bonchev–Trinajstić information content (AvgIpc) is 2.36. The van der Waals surface area contributed by atoms with Gasteiger partial charge in [-0.2, -0.15) is 0 Å².